The number of nitrogens with zero attached hydrogens (tertiary/aromatic N) is 4. The summed E-state index contributed by atoms with van der Waals surface area (Å²) >= 11 is 1.83. The number of nitrogens with one attached hydrogen (secondary N) is 1. The summed E-state index contributed by atoms with van der Waals surface area (Å²) in [5, 5.41) is 0. The van der Waals surface area contributed by atoms with Crippen molar-refractivity contribution in [1.29, 1.82) is 0 Å². The first kappa shape index (κ1) is 17.4. The van der Waals surface area contributed by atoms with Crippen molar-refractivity contribution in [2.24, 2.45) is 16.5 Å². The van der Waals surface area contributed by atoms with Crippen molar-refractivity contribution in [3.05, 3.63) is 35.9 Å². The highest BCUT2D eigenvalue weighted by Crippen LogP contribution is 2.18. The zero-order valence-corrected chi connectivity index (χ0v) is 14.5. The van der Waals surface area contributed by atoms with Crippen LogP contribution < -0.4 is 11.5 Å². The molecule has 0 aromatic carbocycles. The lowest BCUT2D eigenvalue weighted by Gasteiger charge is -2.10. The largest absolute Gasteiger partial charge is 0.370 e. The third kappa shape index (κ3) is 5.63. The molecule has 0 saturated heterocycles. The molecule has 2 aromatic rings. The van der Waals surface area contributed by atoms with Crippen LogP contribution in [0.3, 0.4) is 0 Å². The summed E-state index contributed by atoms with van der Waals surface area (Å²) < 4.78 is 2.24. The van der Waals surface area contributed by atoms with Crippen molar-refractivity contribution in [3.63, 3.8) is 0 Å². The van der Waals surface area contributed by atoms with Gasteiger partial charge in [0.15, 0.2) is 5.96 Å². The Morgan fingerprint density at radius 3 is 3.00 bits per heavy atom. The van der Waals surface area contributed by atoms with Gasteiger partial charge in [-0.2, -0.15) is 11.8 Å². The number of aromatic nitrogens is 4. The summed E-state index contributed by atoms with van der Waals surface area (Å²) in [6.45, 7) is 5.03. The maximum Gasteiger partial charge on any atom is 0.186 e. The van der Waals surface area contributed by atoms with E-state index in [1.807, 2.05) is 31.2 Å². The fourth-order valence-corrected chi connectivity index (χ4v) is 3.47. The highest BCUT2D eigenvalue weighted by molar-refractivity contribution is 7.98. The second-order valence-electron chi connectivity index (χ2n) is 5.57. The van der Waals surface area contributed by atoms with Crippen molar-refractivity contribution in [2.45, 2.75) is 45.0 Å². The summed E-state index contributed by atoms with van der Waals surface area (Å²) in [6.07, 6.45) is 7.57. The number of guanidine groups is 1. The summed E-state index contributed by atoms with van der Waals surface area (Å²) in [7, 11) is 0. The summed E-state index contributed by atoms with van der Waals surface area (Å²) in [5.41, 5.74) is 14.3. The quantitative estimate of drug-likeness (QED) is 0.474. The summed E-state index contributed by atoms with van der Waals surface area (Å²) in [6, 6.07) is 0.127. The lowest BCUT2D eigenvalue weighted by atomic mass is 10.2. The minimum atomic E-state index is 0.127. The first-order chi connectivity index (χ1) is 11.1. The fraction of sp³-hybridized carbons (Fsp3) is 0.533. The van der Waals surface area contributed by atoms with Gasteiger partial charge in [-0.05, 0) is 26.7 Å². The molecule has 23 heavy (non-hydrogen) atoms. The molecular formula is C15H25N7S. The van der Waals surface area contributed by atoms with E-state index in [4.69, 9.17) is 11.5 Å². The second-order valence-corrected chi connectivity index (χ2v) is 6.60. The number of thioether (sulfide) groups is 1. The van der Waals surface area contributed by atoms with Gasteiger partial charge in [0.2, 0.25) is 0 Å². The Labute approximate surface area is 141 Å². The van der Waals surface area contributed by atoms with Gasteiger partial charge in [-0.15, -0.1) is 0 Å². The van der Waals surface area contributed by atoms with Crippen molar-refractivity contribution in [3.8, 4) is 0 Å². The van der Waals surface area contributed by atoms with Gasteiger partial charge in [-0.25, -0.2) is 15.0 Å². The SMILES string of the molecule is Cc1ncn(CCCc2cnc[nH]2)c1CSC[C@H](C)N=C(N)N. The van der Waals surface area contributed by atoms with Gasteiger partial charge in [-0.1, -0.05) is 0 Å². The Morgan fingerprint density at radius 2 is 2.30 bits per heavy atom. The number of H-pyrrole nitrogens is 1. The molecule has 2 rings (SSSR count). The molecule has 126 valence electrons. The zero-order valence-electron chi connectivity index (χ0n) is 13.7. The molecule has 0 aliphatic rings. The highest BCUT2D eigenvalue weighted by atomic mass is 32.2. The molecule has 2 aromatic heterocycles. The van der Waals surface area contributed by atoms with Crippen LogP contribution in [-0.2, 0) is 18.7 Å². The predicted octanol–water partition coefficient (Wildman–Crippen LogP) is 1.44. The number of hydrogen-bond acceptors (Lipinski definition) is 4. The average Bonchev–Trinajstić information content (AvgIpc) is 3.10. The molecule has 5 N–H and O–H groups in total. The standard InChI is InChI=1S/C15H25N7S/c1-11(21-15(16)17)7-23-8-14-12(2)20-10-22(14)5-3-4-13-6-18-9-19-13/h6,9-11H,3-5,7-8H2,1-2H3,(H,18,19)(H4,16,17,21)/t11-/m0/s1. The second kappa shape index (κ2) is 8.61. The Morgan fingerprint density at radius 1 is 1.48 bits per heavy atom. The molecule has 7 nitrogen and oxygen atoms in total. The molecule has 2 heterocycles. The zero-order chi connectivity index (χ0) is 16.7. The third-order valence-corrected chi connectivity index (χ3v) is 4.72. The Balaban J connectivity index is 1.82. The number of hydrogen-bond donors (Lipinski definition) is 3. The van der Waals surface area contributed by atoms with Gasteiger partial charge in [-0.3, -0.25) is 0 Å². The van der Waals surface area contributed by atoms with E-state index in [2.05, 4.69) is 31.4 Å². The molecule has 0 fully saturated rings. The number of nitrogens with two attached hydrogens (primary N) is 2. The predicted molar refractivity (Wildman–Crippen MR) is 95.3 cm³/mol. The molecule has 8 heteroatoms. The molecule has 0 bridgehead atoms. The van der Waals surface area contributed by atoms with Crippen LogP contribution in [0.15, 0.2) is 23.8 Å². The molecule has 0 aliphatic carbocycles. The van der Waals surface area contributed by atoms with E-state index in [9.17, 15) is 0 Å². The van der Waals surface area contributed by atoms with Gasteiger partial charge >= 0.3 is 0 Å². The van der Waals surface area contributed by atoms with Gasteiger partial charge in [0.05, 0.1) is 30.1 Å². The van der Waals surface area contributed by atoms with E-state index in [1.54, 1.807) is 6.33 Å². The molecule has 0 radical (unpaired) electrons. The van der Waals surface area contributed by atoms with Crippen molar-refractivity contribution in [1.82, 2.24) is 19.5 Å². The number of imidazole rings is 2. The van der Waals surface area contributed by atoms with Crippen LogP contribution >= 0.6 is 11.8 Å². The first-order valence-corrected chi connectivity index (χ1v) is 8.86. The number of aliphatic imine (C=N–C) groups is 1. The number of rotatable bonds is 9. The minimum Gasteiger partial charge on any atom is -0.370 e. The minimum absolute atomic E-state index is 0.127. The van der Waals surface area contributed by atoms with E-state index in [0.29, 0.717) is 0 Å². The maximum absolute atomic E-state index is 5.40. The topological polar surface area (TPSA) is 111 Å². The van der Waals surface area contributed by atoms with Crippen molar-refractivity contribution in [2.75, 3.05) is 5.75 Å². The molecule has 0 amide bonds. The van der Waals surface area contributed by atoms with Crippen LogP contribution in [0.2, 0.25) is 0 Å². The molecule has 0 spiro atoms. The highest BCUT2D eigenvalue weighted by Gasteiger charge is 2.09. The maximum atomic E-state index is 5.40. The van der Waals surface area contributed by atoms with Gasteiger partial charge in [0.1, 0.15) is 0 Å². The molecule has 1 atom stereocenters. The first-order valence-electron chi connectivity index (χ1n) is 7.70. The Bertz CT molecular complexity index is 614. The van der Waals surface area contributed by atoms with E-state index in [1.165, 1.54) is 11.4 Å². The number of aryl methyl sites for hydroxylation is 3. The van der Waals surface area contributed by atoms with Crippen LogP contribution in [-0.4, -0.2) is 37.3 Å². The molecule has 0 saturated carbocycles. The Kier molecular flexibility index (Phi) is 6.52. The Hall–Kier alpha value is -1.96. The van der Waals surface area contributed by atoms with Crippen LogP contribution in [0.5, 0.6) is 0 Å². The smallest absolute Gasteiger partial charge is 0.186 e. The molecular weight excluding hydrogens is 310 g/mol. The summed E-state index contributed by atoms with van der Waals surface area (Å²) in [4.78, 5) is 15.8. The van der Waals surface area contributed by atoms with Crippen molar-refractivity contribution < 1.29 is 0 Å². The average molecular weight is 335 g/mol. The van der Waals surface area contributed by atoms with E-state index >= 15 is 0 Å². The normalized spacial score (nSPS) is 12.3. The molecule has 0 aliphatic heterocycles. The van der Waals surface area contributed by atoms with Crippen molar-refractivity contribution >= 4 is 17.7 Å². The molecule has 0 unspecified atom stereocenters. The van der Waals surface area contributed by atoms with E-state index in [0.717, 1.165) is 36.6 Å². The van der Waals surface area contributed by atoms with Crippen LogP contribution in [0, 0.1) is 6.92 Å². The van der Waals surface area contributed by atoms with Gasteiger partial charge < -0.3 is 21.0 Å². The third-order valence-electron chi connectivity index (χ3n) is 3.52. The lowest BCUT2D eigenvalue weighted by molar-refractivity contribution is 0.622. The number of aromatic amines is 1. The lowest BCUT2D eigenvalue weighted by Crippen LogP contribution is -2.25. The van der Waals surface area contributed by atoms with Gasteiger partial charge in [0, 0.05) is 29.9 Å². The monoisotopic (exact) mass is 335 g/mol. The summed E-state index contributed by atoms with van der Waals surface area (Å²) in [5.74, 6) is 1.95. The van der Waals surface area contributed by atoms with E-state index in [-0.39, 0.29) is 12.0 Å². The van der Waals surface area contributed by atoms with Crippen LogP contribution in [0.25, 0.3) is 0 Å². The fourth-order valence-electron chi connectivity index (χ4n) is 2.37. The van der Waals surface area contributed by atoms with Crippen LogP contribution in [0.1, 0.15) is 30.4 Å². The van der Waals surface area contributed by atoms with E-state index < -0.39 is 0 Å². The van der Waals surface area contributed by atoms with Gasteiger partial charge in [0.25, 0.3) is 0 Å². The van der Waals surface area contributed by atoms with Crippen LogP contribution in [0.4, 0.5) is 0 Å².